The molecule has 0 fully saturated rings. The van der Waals surface area contributed by atoms with E-state index in [0.29, 0.717) is 0 Å². The van der Waals surface area contributed by atoms with Crippen LogP contribution in [-0.2, 0) is 35.7 Å². The number of hydrogen-bond donors (Lipinski definition) is 3. The molecule has 2 aromatic rings. The predicted molar refractivity (Wildman–Crippen MR) is 96.3 cm³/mol. The summed E-state index contributed by atoms with van der Waals surface area (Å²) in [7, 11) is -4.07. The Balaban J connectivity index is 1.59. The summed E-state index contributed by atoms with van der Waals surface area (Å²) in [5, 5.41) is 2.79. The Morgan fingerprint density at radius 2 is 1.58 bits per heavy atom. The summed E-state index contributed by atoms with van der Waals surface area (Å²) < 4.78 is 26.7. The minimum atomic E-state index is -4.07. The first-order valence-corrected chi connectivity index (χ1v) is 10.0. The van der Waals surface area contributed by atoms with Gasteiger partial charge in [0.05, 0.1) is 12.4 Å². The largest absolute Gasteiger partial charge is 0.368 e. The lowest BCUT2D eigenvalue weighted by Crippen LogP contribution is -2.35. The number of nitrogens with zero attached hydrogens (tertiary/aromatic N) is 2. The first kappa shape index (κ1) is 16.8. The first-order valence-electron chi connectivity index (χ1n) is 8.52. The van der Waals surface area contributed by atoms with Crippen LogP contribution < -0.4 is 15.8 Å². The average Bonchev–Trinajstić information content (AvgIpc) is 3.23. The topological polar surface area (TPSA) is 127 Å². The molecule has 1 aromatic heterocycles. The van der Waals surface area contributed by atoms with E-state index in [1.165, 1.54) is 11.1 Å². The van der Waals surface area contributed by atoms with Gasteiger partial charge in [0.25, 0.3) is 10.0 Å². The van der Waals surface area contributed by atoms with Crippen molar-refractivity contribution in [2.45, 2.75) is 43.4 Å². The van der Waals surface area contributed by atoms with Crippen molar-refractivity contribution in [2.75, 3.05) is 11.1 Å². The highest BCUT2D eigenvalue weighted by Gasteiger charge is 2.26. The summed E-state index contributed by atoms with van der Waals surface area (Å²) in [6.07, 6.45) is 8.03. The molecule has 0 spiro atoms. The van der Waals surface area contributed by atoms with Gasteiger partial charge in [-0.15, -0.1) is 0 Å². The molecule has 0 radical (unpaired) electrons. The monoisotopic (exact) mass is 373 g/mol. The number of anilines is 2. The molecule has 4 N–H and O–H groups in total. The van der Waals surface area contributed by atoms with E-state index in [0.717, 1.165) is 67.7 Å². The molecule has 4 rings (SSSR count). The summed E-state index contributed by atoms with van der Waals surface area (Å²) in [6, 6.07) is 1.46. The van der Waals surface area contributed by atoms with Crippen LogP contribution in [0.25, 0.3) is 0 Å². The third kappa shape index (κ3) is 2.98. The Bertz CT molecular complexity index is 954. The minimum absolute atomic E-state index is 0.0381. The summed E-state index contributed by atoms with van der Waals surface area (Å²) in [5.74, 6) is -0.0381. The normalized spacial score (nSPS) is 15.4. The van der Waals surface area contributed by atoms with Crippen LogP contribution >= 0.6 is 0 Å². The van der Waals surface area contributed by atoms with Crippen LogP contribution in [0.2, 0.25) is 0 Å². The van der Waals surface area contributed by atoms with E-state index in [9.17, 15) is 13.2 Å². The van der Waals surface area contributed by atoms with Gasteiger partial charge in [0.2, 0.25) is 5.95 Å². The van der Waals surface area contributed by atoms with Crippen LogP contribution in [0.15, 0.2) is 23.4 Å². The van der Waals surface area contributed by atoms with Crippen LogP contribution in [0.3, 0.4) is 0 Å². The molecule has 2 aliphatic rings. The summed E-state index contributed by atoms with van der Waals surface area (Å²) in [5.41, 5.74) is 10.9. The number of amides is 2. The molecule has 136 valence electrons. The van der Waals surface area contributed by atoms with E-state index in [-0.39, 0.29) is 10.8 Å². The van der Waals surface area contributed by atoms with Crippen molar-refractivity contribution < 1.29 is 13.2 Å². The third-order valence-electron chi connectivity index (χ3n) is 4.90. The van der Waals surface area contributed by atoms with Gasteiger partial charge in [-0.1, -0.05) is 6.07 Å². The van der Waals surface area contributed by atoms with Gasteiger partial charge >= 0.3 is 6.03 Å². The fourth-order valence-corrected chi connectivity index (χ4v) is 4.55. The number of sulfonamides is 1. The van der Waals surface area contributed by atoms with Crippen molar-refractivity contribution in [1.29, 1.82) is 0 Å². The smallest absolute Gasteiger partial charge is 0.333 e. The van der Waals surface area contributed by atoms with Gasteiger partial charge < -0.3 is 11.1 Å². The number of carbonyl (C=O) groups is 1. The van der Waals surface area contributed by atoms with Gasteiger partial charge in [0.15, 0.2) is 0 Å². The van der Waals surface area contributed by atoms with Crippen molar-refractivity contribution in [3.63, 3.8) is 0 Å². The van der Waals surface area contributed by atoms with E-state index in [4.69, 9.17) is 5.73 Å². The Morgan fingerprint density at radius 1 is 1.00 bits per heavy atom. The maximum absolute atomic E-state index is 12.4. The highest BCUT2D eigenvalue weighted by molar-refractivity contribution is 7.90. The maximum Gasteiger partial charge on any atom is 0.333 e. The summed E-state index contributed by atoms with van der Waals surface area (Å²) in [4.78, 5) is 19.5. The molecule has 2 aliphatic carbocycles. The van der Waals surface area contributed by atoms with Crippen LogP contribution in [0.4, 0.5) is 16.4 Å². The highest BCUT2D eigenvalue weighted by Crippen LogP contribution is 2.38. The molecule has 2 amide bonds. The number of hydrogen-bond acceptors (Lipinski definition) is 6. The van der Waals surface area contributed by atoms with Crippen LogP contribution in [0.5, 0.6) is 0 Å². The number of nitrogen functional groups attached to an aromatic ring is 1. The molecule has 0 atom stereocenters. The summed E-state index contributed by atoms with van der Waals surface area (Å²) in [6.45, 7) is 0. The number of nitrogens with two attached hydrogens (primary N) is 1. The molecule has 26 heavy (non-hydrogen) atoms. The number of nitrogens with one attached hydrogen (secondary N) is 2. The van der Waals surface area contributed by atoms with Crippen molar-refractivity contribution in [3.05, 3.63) is 40.7 Å². The van der Waals surface area contributed by atoms with Gasteiger partial charge in [-0.2, -0.15) is 0 Å². The molecule has 0 saturated carbocycles. The molecule has 8 nitrogen and oxygen atoms in total. The Kier molecular flexibility index (Phi) is 4.03. The lowest BCUT2D eigenvalue weighted by Gasteiger charge is -2.16. The zero-order valence-corrected chi connectivity index (χ0v) is 14.9. The fourth-order valence-electron chi connectivity index (χ4n) is 3.75. The number of benzene rings is 1. The van der Waals surface area contributed by atoms with E-state index in [1.54, 1.807) is 0 Å². The zero-order valence-electron chi connectivity index (χ0n) is 14.1. The highest BCUT2D eigenvalue weighted by atomic mass is 32.2. The Labute approximate surface area is 151 Å². The molecule has 0 saturated heterocycles. The summed E-state index contributed by atoms with van der Waals surface area (Å²) >= 11 is 0. The lowest BCUT2D eigenvalue weighted by molar-refractivity contribution is 0.256. The van der Waals surface area contributed by atoms with E-state index in [1.807, 2.05) is 4.72 Å². The Morgan fingerprint density at radius 3 is 2.15 bits per heavy atom. The van der Waals surface area contributed by atoms with Crippen LogP contribution in [0.1, 0.15) is 35.1 Å². The van der Waals surface area contributed by atoms with Gasteiger partial charge in [-0.25, -0.2) is 27.9 Å². The molecular weight excluding hydrogens is 354 g/mol. The SMILES string of the molecule is Nc1ncc(S(=O)(=O)NC(=O)Nc2c3c(cc4c2CCC4)CCC3)cn1. The molecule has 1 heterocycles. The second kappa shape index (κ2) is 6.24. The van der Waals surface area contributed by atoms with Crippen molar-refractivity contribution >= 4 is 27.7 Å². The second-order valence-corrected chi connectivity index (χ2v) is 8.25. The van der Waals surface area contributed by atoms with E-state index in [2.05, 4.69) is 21.4 Å². The van der Waals surface area contributed by atoms with Crippen LogP contribution in [-0.4, -0.2) is 24.4 Å². The van der Waals surface area contributed by atoms with Crippen molar-refractivity contribution in [1.82, 2.24) is 14.7 Å². The van der Waals surface area contributed by atoms with Gasteiger partial charge in [-0.3, -0.25) is 0 Å². The molecular formula is C17H19N5O3S. The number of urea groups is 1. The maximum atomic E-state index is 12.4. The van der Waals surface area contributed by atoms with Crippen molar-refractivity contribution in [3.8, 4) is 0 Å². The molecule has 0 unspecified atom stereocenters. The molecule has 0 bridgehead atoms. The molecule has 0 aliphatic heterocycles. The van der Waals surface area contributed by atoms with Gasteiger partial charge in [-0.05, 0) is 60.8 Å². The second-order valence-electron chi connectivity index (χ2n) is 6.57. The average molecular weight is 373 g/mol. The zero-order chi connectivity index (χ0) is 18.3. The quantitative estimate of drug-likeness (QED) is 0.749. The number of carbonyl (C=O) groups excluding carboxylic acids is 1. The number of rotatable bonds is 3. The van der Waals surface area contributed by atoms with E-state index < -0.39 is 16.1 Å². The van der Waals surface area contributed by atoms with Gasteiger partial charge in [0, 0.05) is 5.69 Å². The van der Waals surface area contributed by atoms with Crippen molar-refractivity contribution in [2.24, 2.45) is 0 Å². The predicted octanol–water partition coefficient (Wildman–Crippen LogP) is 1.55. The number of fused-ring (bicyclic) bond motifs is 2. The van der Waals surface area contributed by atoms with E-state index >= 15 is 0 Å². The minimum Gasteiger partial charge on any atom is -0.368 e. The fraction of sp³-hybridized carbons (Fsp3) is 0.353. The number of aromatic nitrogens is 2. The molecule has 1 aromatic carbocycles. The third-order valence-corrected chi connectivity index (χ3v) is 6.18. The van der Waals surface area contributed by atoms with Gasteiger partial charge in [0.1, 0.15) is 4.90 Å². The Hall–Kier alpha value is -2.68. The standard InChI is InChI=1S/C17H19N5O3S/c18-16-19-8-12(9-20-16)26(24,25)22-17(23)21-15-13-5-1-3-10(13)7-11-4-2-6-14(11)15/h7-9H,1-6H2,(H2,18,19,20)(H2,21,22,23). The molecule has 9 heteroatoms. The lowest BCUT2D eigenvalue weighted by atomic mass is 9.99. The van der Waals surface area contributed by atoms with Crippen LogP contribution in [0, 0.1) is 0 Å². The first-order chi connectivity index (χ1) is 12.4. The number of aryl methyl sites for hydroxylation is 2.